The van der Waals surface area contributed by atoms with Crippen molar-refractivity contribution in [3.05, 3.63) is 60.9 Å². The molecule has 0 radical (unpaired) electrons. The summed E-state index contributed by atoms with van der Waals surface area (Å²) in [5.41, 5.74) is 3.31. The molecule has 0 atom stereocenters. The highest BCUT2D eigenvalue weighted by molar-refractivity contribution is 6.07. The maximum absolute atomic E-state index is 13.7. The second-order valence-electron chi connectivity index (χ2n) is 4.65. The van der Waals surface area contributed by atoms with Gasteiger partial charge in [-0.25, -0.2) is 4.98 Å². The summed E-state index contributed by atoms with van der Waals surface area (Å²) in [4.78, 5) is 11.2. The maximum atomic E-state index is 13.7. The van der Waals surface area contributed by atoms with Gasteiger partial charge in [-0.15, -0.1) is 0 Å². The Labute approximate surface area is 114 Å². The SMILES string of the molecule is Fc1ncccc1-c1ccc2c(c1)[nH]c1ccncc12. The van der Waals surface area contributed by atoms with Gasteiger partial charge in [-0.1, -0.05) is 12.1 Å². The van der Waals surface area contributed by atoms with Crippen LogP contribution in [0.4, 0.5) is 4.39 Å². The summed E-state index contributed by atoms with van der Waals surface area (Å²) in [5.74, 6) is -0.454. The molecule has 0 spiro atoms. The van der Waals surface area contributed by atoms with Gasteiger partial charge in [-0.2, -0.15) is 4.39 Å². The summed E-state index contributed by atoms with van der Waals surface area (Å²) in [7, 11) is 0. The van der Waals surface area contributed by atoms with Gasteiger partial charge in [0.2, 0.25) is 5.95 Å². The highest BCUT2D eigenvalue weighted by Crippen LogP contribution is 2.29. The van der Waals surface area contributed by atoms with E-state index in [4.69, 9.17) is 0 Å². The Bertz CT molecular complexity index is 927. The number of nitrogens with zero attached hydrogens (tertiary/aromatic N) is 2. The van der Waals surface area contributed by atoms with Crippen LogP contribution in [0.5, 0.6) is 0 Å². The third-order valence-electron chi connectivity index (χ3n) is 3.47. The summed E-state index contributed by atoms with van der Waals surface area (Å²) >= 11 is 0. The predicted molar refractivity (Wildman–Crippen MR) is 76.8 cm³/mol. The number of aromatic nitrogens is 3. The first-order valence-electron chi connectivity index (χ1n) is 6.29. The second kappa shape index (κ2) is 4.13. The number of benzene rings is 1. The molecule has 0 fully saturated rings. The molecular formula is C16H10FN3. The first kappa shape index (κ1) is 11.1. The van der Waals surface area contributed by atoms with Gasteiger partial charge in [0.05, 0.1) is 0 Å². The van der Waals surface area contributed by atoms with Crippen molar-refractivity contribution in [3.8, 4) is 11.1 Å². The number of hydrogen-bond donors (Lipinski definition) is 1. The van der Waals surface area contributed by atoms with Crippen molar-refractivity contribution in [3.63, 3.8) is 0 Å². The third-order valence-corrected chi connectivity index (χ3v) is 3.47. The van der Waals surface area contributed by atoms with Crippen LogP contribution in [-0.4, -0.2) is 15.0 Å². The fourth-order valence-corrected chi connectivity index (χ4v) is 2.51. The standard InChI is InChI=1S/C16H10FN3/c17-16-11(2-1-6-19-16)10-3-4-12-13-9-18-7-5-14(13)20-15(12)8-10/h1-9,20H. The van der Waals surface area contributed by atoms with Crippen molar-refractivity contribution < 1.29 is 4.39 Å². The molecule has 4 heteroatoms. The smallest absolute Gasteiger partial charge is 0.220 e. The number of rotatable bonds is 1. The average Bonchev–Trinajstić information content (AvgIpc) is 2.85. The van der Waals surface area contributed by atoms with Crippen LogP contribution in [0.2, 0.25) is 0 Å². The summed E-state index contributed by atoms with van der Waals surface area (Å²) in [6.07, 6.45) is 5.03. The van der Waals surface area contributed by atoms with Crippen LogP contribution in [0.15, 0.2) is 55.0 Å². The number of fused-ring (bicyclic) bond motifs is 3. The summed E-state index contributed by atoms with van der Waals surface area (Å²) in [5, 5.41) is 2.15. The molecule has 3 aromatic heterocycles. The molecule has 0 saturated heterocycles. The lowest BCUT2D eigenvalue weighted by Crippen LogP contribution is -1.87. The molecule has 0 saturated carbocycles. The Morgan fingerprint density at radius 2 is 1.90 bits per heavy atom. The van der Waals surface area contributed by atoms with Gasteiger partial charge >= 0.3 is 0 Å². The first-order chi connectivity index (χ1) is 9.83. The number of hydrogen-bond acceptors (Lipinski definition) is 2. The molecule has 0 bridgehead atoms. The quantitative estimate of drug-likeness (QED) is 0.529. The minimum absolute atomic E-state index is 0.454. The van der Waals surface area contributed by atoms with E-state index in [-0.39, 0.29) is 0 Å². The van der Waals surface area contributed by atoms with Gasteiger partial charge in [0.15, 0.2) is 0 Å². The highest BCUT2D eigenvalue weighted by atomic mass is 19.1. The van der Waals surface area contributed by atoms with Gasteiger partial charge in [-0.05, 0) is 29.8 Å². The van der Waals surface area contributed by atoms with E-state index in [1.807, 2.05) is 30.5 Å². The molecule has 0 amide bonds. The van der Waals surface area contributed by atoms with Crippen molar-refractivity contribution in [2.24, 2.45) is 0 Å². The Balaban J connectivity index is 2.00. The van der Waals surface area contributed by atoms with Crippen molar-refractivity contribution in [2.75, 3.05) is 0 Å². The minimum Gasteiger partial charge on any atom is -0.354 e. The Morgan fingerprint density at radius 3 is 2.80 bits per heavy atom. The zero-order valence-corrected chi connectivity index (χ0v) is 10.5. The number of aromatic amines is 1. The lowest BCUT2D eigenvalue weighted by Gasteiger charge is -2.02. The zero-order chi connectivity index (χ0) is 13.5. The summed E-state index contributed by atoms with van der Waals surface area (Å²) in [6, 6.07) is 11.2. The molecule has 0 aliphatic carbocycles. The molecule has 3 nitrogen and oxygen atoms in total. The number of H-pyrrole nitrogens is 1. The van der Waals surface area contributed by atoms with E-state index in [9.17, 15) is 4.39 Å². The van der Waals surface area contributed by atoms with Crippen LogP contribution in [0.25, 0.3) is 32.9 Å². The summed E-state index contributed by atoms with van der Waals surface area (Å²) < 4.78 is 13.7. The molecule has 0 unspecified atom stereocenters. The maximum Gasteiger partial charge on any atom is 0.220 e. The van der Waals surface area contributed by atoms with E-state index >= 15 is 0 Å². The van der Waals surface area contributed by atoms with Crippen LogP contribution in [0, 0.1) is 5.95 Å². The zero-order valence-electron chi connectivity index (χ0n) is 10.5. The van der Waals surface area contributed by atoms with Gasteiger partial charge in [0, 0.05) is 46.0 Å². The number of pyridine rings is 2. The molecule has 1 aromatic carbocycles. The van der Waals surface area contributed by atoms with Crippen molar-refractivity contribution >= 4 is 21.8 Å². The molecular weight excluding hydrogens is 253 g/mol. The molecule has 20 heavy (non-hydrogen) atoms. The highest BCUT2D eigenvalue weighted by Gasteiger charge is 2.08. The first-order valence-corrected chi connectivity index (χ1v) is 6.29. The lowest BCUT2D eigenvalue weighted by atomic mass is 10.1. The topological polar surface area (TPSA) is 41.6 Å². The number of nitrogens with one attached hydrogen (secondary N) is 1. The van der Waals surface area contributed by atoms with Crippen molar-refractivity contribution in [1.29, 1.82) is 0 Å². The molecule has 3 heterocycles. The van der Waals surface area contributed by atoms with Crippen molar-refractivity contribution in [2.45, 2.75) is 0 Å². The Morgan fingerprint density at radius 1 is 0.950 bits per heavy atom. The lowest BCUT2D eigenvalue weighted by molar-refractivity contribution is 0.587. The monoisotopic (exact) mass is 263 g/mol. The van der Waals surface area contributed by atoms with E-state index in [0.717, 1.165) is 27.4 Å². The molecule has 0 aliphatic rings. The van der Waals surface area contributed by atoms with Crippen LogP contribution in [-0.2, 0) is 0 Å². The fourth-order valence-electron chi connectivity index (χ4n) is 2.51. The van der Waals surface area contributed by atoms with Crippen LogP contribution in [0.1, 0.15) is 0 Å². The Hall–Kier alpha value is -2.75. The van der Waals surface area contributed by atoms with Crippen LogP contribution < -0.4 is 0 Å². The number of halogens is 1. The van der Waals surface area contributed by atoms with E-state index < -0.39 is 5.95 Å². The van der Waals surface area contributed by atoms with Gasteiger partial charge < -0.3 is 4.98 Å². The van der Waals surface area contributed by atoms with Crippen LogP contribution >= 0.6 is 0 Å². The fraction of sp³-hybridized carbons (Fsp3) is 0. The normalized spacial score (nSPS) is 11.2. The Kier molecular flexibility index (Phi) is 2.29. The van der Waals surface area contributed by atoms with E-state index in [1.165, 1.54) is 6.20 Å². The van der Waals surface area contributed by atoms with Gasteiger partial charge in [0.1, 0.15) is 0 Å². The van der Waals surface area contributed by atoms with E-state index in [1.54, 1.807) is 18.3 Å². The molecule has 96 valence electrons. The second-order valence-corrected chi connectivity index (χ2v) is 4.65. The molecule has 4 rings (SSSR count). The minimum atomic E-state index is -0.454. The van der Waals surface area contributed by atoms with Crippen molar-refractivity contribution in [1.82, 2.24) is 15.0 Å². The molecule has 4 aromatic rings. The van der Waals surface area contributed by atoms with E-state index in [2.05, 4.69) is 15.0 Å². The molecule has 0 aliphatic heterocycles. The largest absolute Gasteiger partial charge is 0.354 e. The van der Waals surface area contributed by atoms with Gasteiger partial charge in [0.25, 0.3) is 0 Å². The third kappa shape index (κ3) is 1.58. The summed E-state index contributed by atoms with van der Waals surface area (Å²) in [6.45, 7) is 0. The molecule has 1 N–H and O–H groups in total. The van der Waals surface area contributed by atoms with Gasteiger partial charge in [-0.3, -0.25) is 4.98 Å². The van der Waals surface area contributed by atoms with E-state index in [0.29, 0.717) is 5.56 Å². The average molecular weight is 263 g/mol. The predicted octanol–water partition coefficient (Wildman–Crippen LogP) is 3.92. The van der Waals surface area contributed by atoms with Crippen LogP contribution in [0.3, 0.4) is 0 Å².